The molecular formula is C15H23NO3. The van der Waals surface area contributed by atoms with Crippen molar-refractivity contribution in [1.29, 1.82) is 0 Å². The van der Waals surface area contributed by atoms with Crippen LogP contribution >= 0.6 is 0 Å². The molecule has 0 saturated heterocycles. The van der Waals surface area contributed by atoms with Crippen molar-refractivity contribution in [3.8, 4) is 0 Å². The first-order chi connectivity index (χ1) is 8.91. The fraction of sp³-hybridized carbons (Fsp3) is 0.667. The molecule has 1 saturated carbocycles. The predicted molar refractivity (Wildman–Crippen MR) is 73.3 cm³/mol. The van der Waals surface area contributed by atoms with E-state index in [9.17, 15) is 4.79 Å². The number of hydrogen-bond acceptors (Lipinski definition) is 2. The highest BCUT2D eigenvalue weighted by atomic mass is 16.5. The van der Waals surface area contributed by atoms with Gasteiger partial charge in [-0.05, 0) is 38.7 Å². The molecule has 0 radical (unpaired) electrons. The van der Waals surface area contributed by atoms with Crippen molar-refractivity contribution in [1.82, 2.24) is 4.57 Å². The second-order valence-electron chi connectivity index (χ2n) is 5.80. The Balaban J connectivity index is 2.26. The Labute approximate surface area is 114 Å². The Morgan fingerprint density at radius 1 is 1.47 bits per heavy atom. The van der Waals surface area contributed by atoms with Gasteiger partial charge in [0.15, 0.2) is 0 Å². The molecule has 1 N–H and O–H groups in total. The summed E-state index contributed by atoms with van der Waals surface area (Å²) in [6, 6.07) is 2.79. The van der Waals surface area contributed by atoms with Crippen molar-refractivity contribution >= 4 is 5.97 Å². The molecule has 2 rings (SSSR count). The van der Waals surface area contributed by atoms with Crippen molar-refractivity contribution in [3.05, 3.63) is 23.0 Å². The summed E-state index contributed by atoms with van der Waals surface area (Å²) < 4.78 is 7.96. The van der Waals surface area contributed by atoms with Crippen molar-refractivity contribution in [2.45, 2.75) is 52.7 Å². The number of ether oxygens (including phenoxy) is 1. The molecule has 1 heterocycles. The van der Waals surface area contributed by atoms with Crippen LogP contribution in [-0.4, -0.2) is 22.2 Å². The third kappa shape index (κ3) is 3.00. The Morgan fingerprint density at radius 2 is 2.11 bits per heavy atom. The Morgan fingerprint density at radius 3 is 2.58 bits per heavy atom. The number of aryl methyl sites for hydroxylation is 1. The molecule has 106 valence electrons. The van der Waals surface area contributed by atoms with Crippen LogP contribution in [0.3, 0.4) is 0 Å². The highest BCUT2D eigenvalue weighted by Gasteiger charge is 2.30. The fourth-order valence-corrected chi connectivity index (χ4v) is 2.79. The first kappa shape index (κ1) is 14.1. The molecule has 0 bridgehead atoms. The van der Waals surface area contributed by atoms with E-state index < -0.39 is 5.97 Å². The minimum Gasteiger partial charge on any atom is -0.480 e. The summed E-state index contributed by atoms with van der Waals surface area (Å²) in [6.45, 7) is 8.12. The maximum atomic E-state index is 10.7. The smallest absolute Gasteiger partial charge is 0.329 e. The Bertz CT molecular complexity index is 472. The highest BCUT2D eigenvalue weighted by molar-refractivity contribution is 5.68. The van der Waals surface area contributed by atoms with Crippen LogP contribution < -0.4 is 0 Å². The van der Waals surface area contributed by atoms with Crippen LogP contribution in [-0.2, 0) is 9.53 Å². The van der Waals surface area contributed by atoms with Gasteiger partial charge in [-0.25, -0.2) is 4.79 Å². The topological polar surface area (TPSA) is 51.5 Å². The van der Waals surface area contributed by atoms with Crippen LogP contribution in [0.4, 0.5) is 0 Å². The molecule has 4 nitrogen and oxygen atoms in total. The van der Waals surface area contributed by atoms with Crippen molar-refractivity contribution in [2.75, 3.05) is 6.61 Å². The summed E-state index contributed by atoms with van der Waals surface area (Å²) >= 11 is 0. The monoisotopic (exact) mass is 265 g/mol. The van der Waals surface area contributed by atoms with E-state index in [0.29, 0.717) is 6.04 Å². The Kier molecular flexibility index (Phi) is 3.99. The predicted octanol–water partition coefficient (Wildman–Crippen LogP) is 3.24. The van der Waals surface area contributed by atoms with Gasteiger partial charge < -0.3 is 14.4 Å². The molecule has 0 spiro atoms. The van der Waals surface area contributed by atoms with Crippen molar-refractivity contribution in [2.24, 2.45) is 5.92 Å². The molecule has 1 aromatic heterocycles. The number of carbonyl (C=O) groups is 1. The van der Waals surface area contributed by atoms with Gasteiger partial charge in [0.05, 0.1) is 6.10 Å². The second-order valence-corrected chi connectivity index (χ2v) is 5.80. The van der Waals surface area contributed by atoms with E-state index in [1.165, 1.54) is 24.2 Å². The summed E-state index contributed by atoms with van der Waals surface area (Å²) in [5, 5.41) is 8.79. The standard InChI is InChI=1S/C15H23NO3/c1-9(2)15(19-8-14(17)18)13-7-10(3)16(11(13)4)12-5-6-12/h7,9,12,15H,5-6,8H2,1-4H3,(H,17,18). The molecule has 4 heteroatoms. The zero-order chi connectivity index (χ0) is 14.2. The van der Waals surface area contributed by atoms with Crippen LogP contribution in [0.2, 0.25) is 0 Å². The zero-order valence-electron chi connectivity index (χ0n) is 12.1. The van der Waals surface area contributed by atoms with Gasteiger partial charge in [0.1, 0.15) is 6.61 Å². The lowest BCUT2D eigenvalue weighted by molar-refractivity contribution is -0.145. The van der Waals surface area contributed by atoms with Gasteiger partial charge in [-0.3, -0.25) is 0 Å². The third-order valence-electron chi connectivity index (χ3n) is 3.73. The fourth-order valence-electron chi connectivity index (χ4n) is 2.79. The van der Waals surface area contributed by atoms with Crippen LogP contribution in [0, 0.1) is 19.8 Å². The molecule has 0 aliphatic heterocycles. The van der Waals surface area contributed by atoms with Crippen molar-refractivity contribution in [3.63, 3.8) is 0 Å². The number of nitrogens with zero attached hydrogens (tertiary/aromatic N) is 1. The molecule has 1 fully saturated rings. The molecule has 1 aliphatic carbocycles. The molecule has 0 amide bonds. The van der Waals surface area contributed by atoms with E-state index in [1.54, 1.807) is 0 Å². The molecule has 1 aliphatic rings. The SMILES string of the molecule is Cc1cc(C(OCC(=O)O)C(C)C)c(C)n1C1CC1. The normalized spacial score (nSPS) is 16.9. The van der Waals surface area contributed by atoms with Gasteiger partial charge in [0.2, 0.25) is 0 Å². The van der Waals surface area contributed by atoms with Crippen LogP contribution in [0.15, 0.2) is 6.07 Å². The van der Waals surface area contributed by atoms with E-state index in [2.05, 4.69) is 38.3 Å². The van der Waals surface area contributed by atoms with Crippen LogP contribution in [0.5, 0.6) is 0 Å². The molecule has 1 aromatic rings. The summed E-state index contributed by atoms with van der Waals surface area (Å²) in [7, 11) is 0. The highest BCUT2D eigenvalue weighted by Crippen LogP contribution is 2.40. The van der Waals surface area contributed by atoms with Gasteiger partial charge >= 0.3 is 5.97 Å². The average Bonchev–Trinajstić information content (AvgIpc) is 3.07. The minimum atomic E-state index is -0.915. The lowest BCUT2D eigenvalue weighted by atomic mass is 9.99. The second kappa shape index (κ2) is 5.37. The van der Waals surface area contributed by atoms with E-state index in [0.717, 1.165) is 5.56 Å². The van der Waals surface area contributed by atoms with Gasteiger partial charge in [-0.15, -0.1) is 0 Å². The summed E-state index contributed by atoms with van der Waals surface area (Å²) in [5.41, 5.74) is 3.62. The first-order valence-corrected chi connectivity index (χ1v) is 6.93. The molecule has 19 heavy (non-hydrogen) atoms. The van der Waals surface area contributed by atoms with Crippen LogP contribution in [0.25, 0.3) is 0 Å². The molecule has 0 aromatic carbocycles. The van der Waals surface area contributed by atoms with E-state index in [-0.39, 0.29) is 18.6 Å². The quantitative estimate of drug-likeness (QED) is 0.859. The first-order valence-electron chi connectivity index (χ1n) is 6.93. The number of aliphatic carboxylic acids is 1. The largest absolute Gasteiger partial charge is 0.480 e. The number of aromatic nitrogens is 1. The van der Waals surface area contributed by atoms with Gasteiger partial charge in [-0.1, -0.05) is 13.8 Å². The Hall–Kier alpha value is -1.29. The third-order valence-corrected chi connectivity index (χ3v) is 3.73. The maximum Gasteiger partial charge on any atom is 0.329 e. The molecule has 1 atom stereocenters. The average molecular weight is 265 g/mol. The van der Waals surface area contributed by atoms with E-state index in [1.807, 2.05) is 0 Å². The van der Waals surface area contributed by atoms with Gasteiger partial charge in [-0.2, -0.15) is 0 Å². The lowest BCUT2D eigenvalue weighted by Gasteiger charge is -2.21. The molecular weight excluding hydrogens is 242 g/mol. The van der Waals surface area contributed by atoms with Gasteiger partial charge in [0, 0.05) is 23.0 Å². The number of hydrogen-bond donors (Lipinski definition) is 1. The maximum absolute atomic E-state index is 10.7. The number of carboxylic acid groups (broad SMARTS) is 1. The van der Waals surface area contributed by atoms with Crippen molar-refractivity contribution < 1.29 is 14.6 Å². The zero-order valence-corrected chi connectivity index (χ0v) is 12.1. The lowest BCUT2D eigenvalue weighted by Crippen LogP contribution is -2.17. The van der Waals surface area contributed by atoms with Gasteiger partial charge in [0.25, 0.3) is 0 Å². The number of carboxylic acids is 1. The number of rotatable bonds is 6. The minimum absolute atomic E-state index is 0.144. The van der Waals surface area contributed by atoms with E-state index in [4.69, 9.17) is 9.84 Å². The summed E-state index contributed by atoms with van der Waals surface area (Å²) in [4.78, 5) is 10.7. The summed E-state index contributed by atoms with van der Waals surface area (Å²) in [5.74, 6) is -0.658. The van der Waals surface area contributed by atoms with Crippen LogP contribution in [0.1, 0.15) is 55.8 Å². The molecule has 1 unspecified atom stereocenters. The van der Waals surface area contributed by atoms with E-state index >= 15 is 0 Å². The summed E-state index contributed by atoms with van der Waals surface area (Å²) in [6.07, 6.45) is 2.35.